The van der Waals surface area contributed by atoms with E-state index in [1.807, 2.05) is 13.8 Å². The molecule has 47 heavy (non-hydrogen) atoms. The zero-order valence-electron chi connectivity index (χ0n) is 28.2. The highest BCUT2D eigenvalue weighted by Gasteiger charge is 2.31. The number of anilines is 2. The first kappa shape index (κ1) is 36.1. The first-order valence-corrected chi connectivity index (χ1v) is 17.0. The third-order valence-corrected chi connectivity index (χ3v) is 9.19. The highest BCUT2D eigenvalue weighted by atomic mass is 19.1. The molecule has 1 saturated carbocycles. The minimum atomic E-state index is -0.524. The Morgan fingerprint density at radius 3 is 2.38 bits per heavy atom. The van der Waals surface area contributed by atoms with Gasteiger partial charge in [0.1, 0.15) is 11.6 Å². The Bertz CT molecular complexity index is 1340. The molecule has 2 aliphatic rings. The number of nitrogens with zero attached hydrogens (tertiary/aromatic N) is 2. The minimum absolute atomic E-state index is 0.0333. The summed E-state index contributed by atoms with van der Waals surface area (Å²) >= 11 is 0. The van der Waals surface area contributed by atoms with Gasteiger partial charge < -0.3 is 35.0 Å². The van der Waals surface area contributed by atoms with Gasteiger partial charge in [-0.25, -0.2) is 9.18 Å². The molecule has 1 aliphatic heterocycles. The molecule has 1 fully saturated rings. The van der Waals surface area contributed by atoms with Crippen LogP contribution in [0.2, 0.25) is 0 Å². The molecule has 0 spiro atoms. The van der Waals surface area contributed by atoms with Crippen LogP contribution in [-0.2, 0) is 9.53 Å². The molecule has 0 saturated heterocycles. The maximum absolute atomic E-state index is 14.3. The van der Waals surface area contributed by atoms with Gasteiger partial charge in [-0.3, -0.25) is 9.59 Å². The number of hydrogen-bond acceptors (Lipinski definition) is 6. The van der Waals surface area contributed by atoms with Crippen molar-refractivity contribution in [3.8, 4) is 5.75 Å². The molecule has 4 atom stereocenters. The number of rotatable bonds is 7. The summed E-state index contributed by atoms with van der Waals surface area (Å²) in [4.78, 5) is 43.6. The maximum atomic E-state index is 14.3. The number of carbonyl (C=O) groups excluding carboxylic acids is 3. The van der Waals surface area contributed by atoms with Crippen molar-refractivity contribution in [3.63, 3.8) is 0 Å². The average Bonchev–Trinajstić information content (AvgIpc) is 3.07. The number of ether oxygens (including phenoxy) is 2. The second-order valence-corrected chi connectivity index (χ2v) is 13.2. The Balaban J connectivity index is 1.57. The molecule has 4 amide bonds. The summed E-state index contributed by atoms with van der Waals surface area (Å²) in [6.07, 6.45) is 6.74. The summed E-state index contributed by atoms with van der Waals surface area (Å²) in [6.45, 7) is 6.42. The first-order chi connectivity index (χ1) is 22.5. The number of benzene rings is 2. The molecule has 0 aromatic heterocycles. The van der Waals surface area contributed by atoms with Gasteiger partial charge in [-0.2, -0.15) is 0 Å². The Labute approximate surface area is 278 Å². The standard InChI is InChI=1S/C36H51FN4O6/c1-24-21-41(25(2)23-42)35(44)31-20-30(38-34(43)27-11-6-5-7-12-27)17-18-32(31)47-26(3)10-8-9-19-46-33(24)22-40(4)36(45)39-29-15-13-28(37)14-16-29/h13-18,20,24-27,33,42H,5-12,19,21-23H2,1-4H3,(H,38,43)(H,39,45)/t24-,25-,26-,33-/m1/s1. The molecular formula is C36H51FN4O6. The van der Waals surface area contributed by atoms with Crippen molar-refractivity contribution in [3.05, 3.63) is 53.8 Å². The molecular weight excluding hydrogens is 603 g/mol. The lowest BCUT2D eigenvalue weighted by molar-refractivity contribution is -0.120. The van der Waals surface area contributed by atoms with Crippen molar-refractivity contribution in [1.29, 1.82) is 0 Å². The summed E-state index contributed by atoms with van der Waals surface area (Å²) in [5, 5.41) is 16.0. The predicted octanol–water partition coefficient (Wildman–Crippen LogP) is 6.30. The van der Waals surface area contributed by atoms with Crippen LogP contribution in [0, 0.1) is 17.7 Å². The second kappa shape index (κ2) is 17.5. The lowest BCUT2D eigenvalue weighted by Gasteiger charge is -2.35. The summed E-state index contributed by atoms with van der Waals surface area (Å²) < 4.78 is 26.0. The molecule has 1 heterocycles. The third kappa shape index (κ3) is 10.4. The van der Waals surface area contributed by atoms with Crippen molar-refractivity contribution in [2.75, 3.05) is 44.0 Å². The first-order valence-electron chi connectivity index (χ1n) is 17.0. The molecule has 1 aliphatic carbocycles. The van der Waals surface area contributed by atoms with E-state index in [4.69, 9.17) is 9.47 Å². The molecule has 258 valence electrons. The van der Waals surface area contributed by atoms with Crippen LogP contribution in [0.1, 0.15) is 82.5 Å². The van der Waals surface area contributed by atoms with E-state index in [1.165, 1.54) is 29.2 Å². The van der Waals surface area contributed by atoms with Gasteiger partial charge in [0.15, 0.2) is 0 Å². The SMILES string of the molecule is C[C@@H]1CCCCO[C@H](CN(C)C(=O)Nc2ccc(F)cc2)[C@H](C)CN([C@H](C)CO)C(=O)c2cc(NC(=O)C3CCCCC3)ccc2O1. The number of fused-ring (bicyclic) bond motifs is 1. The Kier molecular flexibility index (Phi) is 13.4. The number of urea groups is 1. The number of halogens is 1. The van der Waals surface area contributed by atoms with Gasteiger partial charge in [-0.15, -0.1) is 0 Å². The lowest BCUT2D eigenvalue weighted by Crippen LogP contribution is -2.48. The van der Waals surface area contributed by atoms with Crippen LogP contribution in [0.5, 0.6) is 5.75 Å². The molecule has 2 aromatic rings. The molecule has 4 rings (SSSR count). The molecule has 10 nitrogen and oxygen atoms in total. The molecule has 2 aromatic carbocycles. The fourth-order valence-electron chi connectivity index (χ4n) is 6.18. The van der Waals surface area contributed by atoms with Crippen molar-refractivity contribution in [2.45, 2.75) is 90.4 Å². The fraction of sp³-hybridized carbons (Fsp3) is 0.583. The van der Waals surface area contributed by atoms with E-state index in [2.05, 4.69) is 10.6 Å². The van der Waals surface area contributed by atoms with Crippen molar-refractivity contribution < 1.29 is 33.4 Å². The highest BCUT2D eigenvalue weighted by Crippen LogP contribution is 2.30. The van der Waals surface area contributed by atoms with E-state index in [0.717, 1.165) is 51.4 Å². The van der Waals surface area contributed by atoms with Gasteiger partial charge in [0, 0.05) is 50.0 Å². The summed E-state index contributed by atoms with van der Waals surface area (Å²) in [5.74, 6) is -0.582. The second-order valence-electron chi connectivity index (χ2n) is 13.2. The van der Waals surface area contributed by atoms with Gasteiger partial charge in [-0.05, 0) is 88.4 Å². The van der Waals surface area contributed by atoms with Gasteiger partial charge in [0.05, 0.1) is 30.4 Å². The maximum Gasteiger partial charge on any atom is 0.321 e. The van der Waals surface area contributed by atoms with Crippen molar-refractivity contribution >= 4 is 29.2 Å². The number of aliphatic hydroxyl groups excluding tert-OH is 1. The van der Waals surface area contributed by atoms with E-state index < -0.39 is 18.0 Å². The average molecular weight is 655 g/mol. The summed E-state index contributed by atoms with van der Waals surface area (Å²) in [6, 6.07) is 9.87. The van der Waals surface area contributed by atoms with E-state index in [9.17, 15) is 23.9 Å². The van der Waals surface area contributed by atoms with Crippen LogP contribution in [0.4, 0.5) is 20.6 Å². The van der Waals surface area contributed by atoms with Gasteiger partial charge in [0.25, 0.3) is 5.91 Å². The summed E-state index contributed by atoms with van der Waals surface area (Å²) in [5.41, 5.74) is 1.32. The van der Waals surface area contributed by atoms with Gasteiger partial charge in [0.2, 0.25) is 5.91 Å². The van der Waals surface area contributed by atoms with Crippen LogP contribution in [0.25, 0.3) is 0 Å². The third-order valence-electron chi connectivity index (χ3n) is 9.19. The summed E-state index contributed by atoms with van der Waals surface area (Å²) in [7, 11) is 1.66. The van der Waals surface area contributed by atoms with E-state index in [-0.39, 0.29) is 55.5 Å². The number of carbonyl (C=O) groups is 3. The molecule has 0 unspecified atom stereocenters. The number of amides is 4. The zero-order chi connectivity index (χ0) is 33.9. The molecule has 11 heteroatoms. The van der Waals surface area contributed by atoms with Crippen LogP contribution in [-0.4, -0.2) is 84.4 Å². The molecule has 0 radical (unpaired) electrons. The quantitative estimate of drug-likeness (QED) is 0.322. The van der Waals surface area contributed by atoms with Crippen molar-refractivity contribution in [1.82, 2.24) is 9.80 Å². The number of nitrogens with one attached hydrogen (secondary N) is 2. The Morgan fingerprint density at radius 2 is 1.68 bits per heavy atom. The minimum Gasteiger partial charge on any atom is -0.490 e. The number of aliphatic hydroxyl groups is 1. The lowest BCUT2D eigenvalue weighted by atomic mass is 9.88. The van der Waals surface area contributed by atoms with Crippen LogP contribution >= 0.6 is 0 Å². The zero-order valence-corrected chi connectivity index (χ0v) is 28.2. The molecule has 0 bridgehead atoms. The van der Waals surface area contributed by atoms with Crippen LogP contribution in [0.15, 0.2) is 42.5 Å². The predicted molar refractivity (Wildman–Crippen MR) is 180 cm³/mol. The Morgan fingerprint density at radius 1 is 1.00 bits per heavy atom. The largest absolute Gasteiger partial charge is 0.490 e. The van der Waals surface area contributed by atoms with Crippen LogP contribution in [0.3, 0.4) is 0 Å². The van der Waals surface area contributed by atoms with Gasteiger partial charge >= 0.3 is 6.03 Å². The topological polar surface area (TPSA) is 120 Å². The van der Waals surface area contributed by atoms with E-state index >= 15 is 0 Å². The fourth-order valence-corrected chi connectivity index (χ4v) is 6.18. The number of hydrogen-bond donors (Lipinski definition) is 3. The number of likely N-dealkylation sites (N-methyl/N-ethyl adjacent to an activating group) is 1. The van der Waals surface area contributed by atoms with Gasteiger partial charge in [-0.1, -0.05) is 26.2 Å². The van der Waals surface area contributed by atoms with E-state index in [0.29, 0.717) is 29.3 Å². The highest BCUT2D eigenvalue weighted by molar-refractivity contribution is 6.00. The van der Waals surface area contributed by atoms with Crippen LogP contribution < -0.4 is 15.4 Å². The van der Waals surface area contributed by atoms with E-state index in [1.54, 1.807) is 37.1 Å². The van der Waals surface area contributed by atoms with Crippen molar-refractivity contribution in [2.24, 2.45) is 11.8 Å². The monoisotopic (exact) mass is 654 g/mol. The smallest absolute Gasteiger partial charge is 0.321 e. The molecule has 3 N–H and O–H groups in total. The Hall–Kier alpha value is -3.70. The normalized spacial score (nSPS) is 22.3.